The summed E-state index contributed by atoms with van der Waals surface area (Å²) in [6, 6.07) is 2.00. The third kappa shape index (κ3) is 2.79. The van der Waals surface area contributed by atoms with Crippen molar-refractivity contribution in [3.63, 3.8) is 0 Å². The molecule has 104 valence electrons. The summed E-state index contributed by atoms with van der Waals surface area (Å²) in [5, 5.41) is 13.2. The number of halogens is 1. The van der Waals surface area contributed by atoms with E-state index in [9.17, 15) is 19.3 Å². The Balaban J connectivity index is 2.22. The van der Waals surface area contributed by atoms with Crippen molar-refractivity contribution in [1.29, 1.82) is 0 Å². The van der Waals surface area contributed by atoms with E-state index in [1.165, 1.54) is 13.1 Å². The first-order valence-electron chi connectivity index (χ1n) is 5.70. The van der Waals surface area contributed by atoms with E-state index in [1.807, 2.05) is 0 Å². The van der Waals surface area contributed by atoms with Crippen molar-refractivity contribution in [1.82, 2.24) is 15.3 Å². The van der Waals surface area contributed by atoms with E-state index in [0.717, 1.165) is 12.1 Å². The fraction of sp³-hybridized carbons (Fsp3) is 0.167. The van der Waals surface area contributed by atoms with Gasteiger partial charge in [0.1, 0.15) is 11.6 Å². The van der Waals surface area contributed by atoms with Gasteiger partial charge in [0.05, 0.1) is 17.0 Å². The van der Waals surface area contributed by atoms with E-state index in [1.54, 1.807) is 6.20 Å². The number of imidazole rings is 1. The van der Waals surface area contributed by atoms with E-state index in [2.05, 4.69) is 15.3 Å². The maximum atomic E-state index is 13.9. The molecule has 0 atom stereocenters. The molecule has 0 unspecified atom stereocenters. The zero-order valence-corrected chi connectivity index (χ0v) is 10.5. The Morgan fingerprint density at radius 3 is 2.90 bits per heavy atom. The second-order valence-electron chi connectivity index (χ2n) is 4.10. The summed E-state index contributed by atoms with van der Waals surface area (Å²) in [6.45, 7) is 1.44. The summed E-state index contributed by atoms with van der Waals surface area (Å²) in [4.78, 5) is 28.6. The van der Waals surface area contributed by atoms with Gasteiger partial charge >= 0.3 is 0 Å². The quantitative estimate of drug-likeness (QED) is 0.656. The van der Waals surface area contributed by atoms with Crippen LogP contribution in [0.1, 0.15) is 21.7 Å². The molecule has 0 aliphatic carbocycles. The van der Waals surface area contributed by atoms with Gasteiger partial charge in [-0.05, 0) is 12.5 Å². The molecule has 0 spiro atoms. The number of nitrogens with zero attached hydrogens (tertiary/aromatic N) is 2. The zero-order valence-electron chi connectivity index (χ0n) is 10.5. The van der Waals surface area contributed by atoms with E-state index in [4.69, 9.17) is 0 Å². The maximum Gasteiger partial charge on any atom is 0.270 e. The van der Waals surface area contributed by atoms with Crippen LogP contribution < -0.4 is 5.32 Å². The second-order valence-corrected chi connectivity index (χ2v) is 4.10. The van der Waals surface area contributed by atoms with Crippen LogP contribution in [0.3, 0.4) is 0 Å². The number of nitro groups is 1. The number of aryl methyl sites for hydroxylation is 1. The summed E-state index contributed by atoms with van der Waals surface area (Å²) in [5.74, 6) is -1.00. The lowest BCUT2D eigenvalue weighted by molar-refractivity contribution is -0.385. The molecule has 0 fully saturated rings. The number of H-pyrrole nitrogens is 1. The molecule has 0 bridgehead atoms. The van der Waals surface area contributed by atoms with Crippen molar-refractivity contribution in [3.05, 3.63) is 57.4 Å². The summed E-state index contributed by atoms with van der Waals surface area (Å²) in [7, 11) is 0. The summed E-state index contributed by atoms with van der Waals surface area (Å²) in [6.07, 6.45) is 3.10. The lowest BCUT2D eigenvalue weighted by atomic mass is 10.1. The fourth-order valence-electron chi connectivity index (χ4n) is 1.68. The highest BCUT2D eigenvalue weighted by molar-refractivity contribution is 5.95. The Kier molecular flexibility index (Phi) is 3.74. The lowest BCUT2D eigenvalue weighted by Crippen LogP contribution is -2.24. The third-order valence-electron chi connectivity index (χ3n) is 2.67. The Morgan fingerprint density at radius 1 is 1.55 bits per heavy atom. The first-order chi connectivity index (χ1) is 9.49. The topological polar surface area (TPSA) is 101 Å². The molecule has 2 aromatic rings. The van der Waals surface area contributed by atoms with Crippen molar-refractivity contribution < 1.29 is 14.1 Å². The molecule has 20 heavy (non-hydrogen) atoms. The maximum absolute atomic E-state index is 13.9. The normalized spacial score (nSPS) is 10.3. The summed E-state index contributed by atoms with van der Waals surface area (Å²) in [5.41, 5.74) is -0.641. The molecule has 0 radical (unpaired) electrons. The number of rotatable bonds is 4. The number of amides is 1. The molecule has 0 aliphatic heterocycles. The van der Waals surface area contributed by atoms with Gasteiger partial charge in [-0.3, -0.25) is 14.9 Å². The number of hydrogen-bond donors (Lipinski definition) is 2. The molecule has 1 aromatic heterocycles. The first-order valence-corrected chi connectivity index (χ1v) is 5.70. The van der Waals surface area contributed by atoms with E-state index >= 15 is 0 Å². The smallest absolute Gasteiger partial charge is 0.270 e. The number of benzene rings is 1. The number of carbonyl (C=O) groups excluding carboxylic acids is 1. The van der Waals surface area contributed by atoms with Gasteiger partial charge in [-0.15, -0.1) is 0 Å². The monoisotopic (exact) mass is 278 g/mol. The Hall–Kier alpha value is -2.77. The molecule has 0 aliphatic rings. The second kappa shape index (κ2) is 5.47. The van der Waals surface area contributed by atoms with Crippen LogP contribution in [0.4, 0.5) is 10.1 Å². The lowest BCUT2D eigenvalue weighted by Gasteiger charge is -2.06. The number of nitro benzene ring substituents is 1. The van der Waals surface area contributed by atoms with Crippen LogP contribution in [-0.2, 0) is 6.54 Å². The largest absolute Gasteiger partial charge is 0.347 e. The van der Waals surface area contributed by atoms with Gasteiger partial charge in [0, 0.05) is 24.5 Å². The van der Waals surface area contributed by atoms with E-state index in [0.29, 0.717) is 5.82 Å². The van der Waals surface area contributed by atoms with Crippen LogP contribution >= 0.6 is 0 Å². The molecule has 0 saturated heterocycles. The fourth-order valence-corrected chi connectivity index (χ4v) is 1.68. The van der Waals surface area contributed by atoms with Crippen LogP contribution in [0.2, 0.25) is 0 Å². The minimum absolute atomic E-state index is 0.0438. The van der Waals surface area contributed by atoms with Crippen molar-refractivity contribution in [2.75, 3.05) is 0 Å². The Bertz CT molecular complexity index is 655. The number of aromatic nitrogens is 2. The van der Waals surface area contributed by atoms with Gasteiger partial charge in [-0.25, -0.2) is 9.37 Å². The van der Waals surface area contributed by atoms with Crippen LogP contribution in [-0.4, -0.2) is 20.8 Å². The van der Waals surface area contributed by atoms with Gasteiger partial charge in [0.25, 0.3) is 11.6 Å². The van der Waals surface area contributed by atoms with Gasteiger partial charge in [-0.1, -0.05) is 0 Å². The van der Waals surface area contributed by atoms with Gasteiger partial charge in [0.2, 0.25) is 0 Å². The SMILES string of the molecule is Cc1cc([N+](=O)[O-])cc(C(=O)NCc2ncc[nH]2)c1F. The summed E-state index contributed by atoms with van der Waals surface area (Å²) < 4.78 is 13.9. The molecular weight excluding hydrogens is 267 g/mol. The van der Waals surface area contributed by atoms with E-state index in [-0.39, 0.29) is 23.4 Å². The van der Waals surface area contributed by atoms with Crippen molar-refractivity contribution in [2.45, 2.75) is 13.5 Å². The van der Waals surface area contributed by atoms with E-state index < -0.39 is 16.6 Å². The standard InChI is InChI=1S/C12H11FN4O3/c1-7-4-8(17(19)20)5-9(11(7)13)12(18)16-6-10-14-2-3-15-10/h2-5H,6H2,1H3,(H,14,15)(H,16,18). The number of carbonyl (C=O) groups is 1. The average Bonchev–Trinajstić information content (AvgIpc) is 2.92. The Labute approximate surface area is 113 Å². The zero-order chi connectivity index (χ0) is 14.7. The highest BCUT2D eigenvalue weighted by Gasteiger charge is 2.19. The molecule has 8 heteroatoms. The Morgan fingerprint density at radius 2 is 2.30 bits per heavy atom. The van der Waals surface area contributed by atoms with Crippen LogP contribution in [0, 0.1) is 22.9 Å². The van der Waals surface area contributed by atoms with Gasteiger partial charge < -0.3 is 10.3 Å². The predicted molar refractivity (Wildman–Crippen MR) is 67.5 cm³/mol. The number of aromatic amines is 1. The van der Waals surface area contributed by atoms with Crippen molar-refractivity contribution in [2.24, 2.45) is 0 Å². The third-order valence-corrected chi connectivity index (χ3v) is 2.67. The van der Waals surface area contributed by atoms with Crippen molar-refractivity contribution in [3.8, 4) is 0 Å². The molecule has 2 N–H and O–H groups in total. The number of hydrogen-bond acceptors (Lipinski definition) is 4. The molecule has 1 heterocycles. The predicted octanol–water partition coefficient (Wildman–Crippen LogP) is 1.70. The van der Waals surface area contributed by atoms with Crippen LogP contribution in [0.5, 0.6) is 0 Å². The molecule has 1 amide bonds. The van der Waals surface area contributed by atoms with Crippen molar-refractivity contribution >= 4 is 11.6 Å². The summed E-state index contributed by atoms with van der Waals surface area (Å²) >= 11 is 0. The molecule has 7 nitrogen and oxygen atoms in total. The van der Waals surface area contributed by atoms with Gasteiger partial charge in [-0.2, -0.15) is 0 Å². The van der Waals surface area contributed by atoms with Crippen LogP contribution in [0.15, 0.2) is 24.5 Å². The van der Waals surface area contributed by atoms with Gasteiger partial charge in [0.15, 0.2) is 0 Å². The molecular formula is C12H11FN4O3. The van der Waals surface area contributed by atoms with Crippen LogP contribution in [0.25, 0.3) is 0 Å². The average molecular weight is 278 g/mol. The number of nitrogens with one attached hydrogen (secondary N) is 2. The minimum Gasteiger partial charge on any atom is -0.347 e. The highest BCUT2D eigenvalue weighted by Crippen LogP contribution is 2.21. The molecule has 1 aromatic carbocycles. The number of non-ortho nitro benzene ring substituents is 1. The molecule has 2 rings (SSSR count). The molecule has 0 saturated carbocycles. The minimum atomic E-state index is -0.771. The first kappa shape index (κ1) is 13.7. The highest BCUT2D eigenvalue weighted by atomic mass is 19.1.